The van der Waals surface area contributed by atoms with E-state index in [0.29, 0.717) is 30.6 Å². The molecule has 162 valence electrons. The smallest absolute Gasteiger partial charge is 0.224 e. The fourth-order valence-corrected chi connectivity index (χ4v) is 3.67. The van der Waals surface area contributed by atoms with Crippen LogP contribution in [-0.4, -0.2) is 39.8 Å². The largest absolute Gasteiger partial charge is 0.385 e. The monoisotopic (exact) mass is 426 g/mol. The lowest BCUT2D eigenvalue weighted by Crippen LogP contribution is -2.12. The molecule has 2 heterocycles. The molecule has 0 amide bonds. The molecule has 7 nitrogen and oxygen atoms in total. The lowest BCUT2D eigenvalue weighted by atomic mass is 10.0. The van der Waals surface area contributed by atoms with E-state index in [4.69, 9.17) is 14.7 Å². The van der Waals surface area contributed by atoms with Crippen molar-refractivity contribution in [2.24, 2.45) is 0 Å². The summed E-state index contributed by atoms with van der Waals surface area (Å²) in [5, 5.41) is 12.7. The number of benzene rings is 2. The van der Waals surface area contributed by atoms with Crippen molar-refractivity contribution in [3.05, 3.63) is 71.9 Å². The van der Waals surface area contributed by atoms with Gasteiger partial charge < -0.3 is 14.6 Å². The van der Waals surface area contributed by atoms with E-state index in [-0.39, 0.29) is 0 Å². The number of fused-ring (bicyclic) bond motifs is 1. The second-order valence-corrected chi connectivity index (χ2v) is 7.72. The van der Waals surface area contributed by atoms with Gasteiger partial charge in [0.1, 0.15) is 11.3 Å². The molecule has 32 heavy (non-hydrogen) atoms. The quantitative estimate of drug-likeness (QED) is 0.393. The average Bonchev–Trinajstić information content (AvgIpc) is 3.21. The molecule has 2 aromatic carbocycles. The van der Waals surface area contributed by atoms with Gasteiger partial charge in [-0.2, -0.15) is 10.2 Å². The van der Waals surface area contributed by atoms with Crippen LogP contribution in [0, 0.1) is 11.3 Å². The number of nitriles is 1. The van der Waals surface area contributed by atoms with Gasteiger partial charge in [-0.25, -0.2) is 9.97 Å². The molecule has 1 atom stereocenters. The number of aryl methyl sites for hydroxylation is 1. The average molecular weight is 427 g/mol. The Morgan fingerprint density at radius 2 is 1.97 bits per heavy atom. The first-order chi connectivity index (χ1) is 15.7. The highest BCUT2D eigenvalue weighted by Gasteiger charge is 2.16. The van der Waals surface area contributed by atoms with Crippen LogP contribution in [0.2, 0.25) is 0 Å². The predicted octanol–water partition coefficient (Wildman–Crippen LogP) is 4.62. The van der Waals surface area contributed by atoms with Crippen LogP contribution in [0.15, 0.2) is 60.8 Å². The van der Waals surface area contributed by atoms with Gasteiger partial charge in [0.05, 0.1) is 17.8 Å². The van der Waals surface area contributed by atoms with Crippen molar-refractivity contribution in [1.82, 2.24) is 19.5 Å². The SMILES string of the molecule is COCCCn1c(-c2cccc(C#N)c2)nc2cnc(NC[C@@H](C)c3ccccc3)nc21. The number of methoxy groups -OCH3 is 1. The molecule has 0 unspecified atom stereocenters. The van der Waals surface area contributed by atoms with Crippen LogP contribution in [0.25, 0.3) is 22.6 Å². The van der Waals surface area contributed by atoms with Crippen LogP contribution in [-0.2, 0) is 11.3 Å². The van der Waals surface area contributed by atoms with Crippen LogP contribution in [0.3, 0.4) is 0 Å². The van der Waals surface area contributed by atoms with E-state index in [0.717, 1.165) is 35.5 Å². The number of anilines is 1. The molecule has 7 heteroatoms. The second kappa shape index (κ2) is 10.0. The first-order valence-corrected chi connectivity index (χ1v) is 10.7. The zero-order valence-electron chi connectivity index (χ0n) is 18.3. The molecule has 4 rings (SSSR count). The molecule has 0 fully saturated rings. The van der Waals surface area contributed by atoms with Crippen molar-refractivity contribution in [3.8, 4) is 17.5 Å². The highest BCUT2D eigenvalue weighted by molar-refractivity contribution is 5.77. The Morgan fingerprint density at radius 1 is 1.12 bits per heavy atom. The lowest BCUT2D eigenvalue weighted by molar-refractivity contribution is 0.191. The highest BCUT2D eigenvalue weighted by Crippen LogP contribution is 2.25. The minimum atomic E-state index is 0.325. The number of nitrogens with zero attached hydrogens (tertiary/aromatic N) is 5. The number of nitrogens with one attached hydrogen (secondary N) is 1. The Balaban J connectivity index is 1.64. The van der Waals surface area contributed by atoms with Crippen molar-refractivity contribution in [1.29, 1.82) is 5.26 Å². The fraction of sp³-hybridized carbons (Fsp3) is 0.280. The summed E-state index contributed by atoms with van der Waals surface area (Å²) in [7, 11) is 1.70. The number of aromatic nitrogens is 4. The third kappa shape index (κ3) is 4.76. The summed E-state index contributed by atoms with van der Waals surface area (Å²) in [4.78, 5) is 14.0. The zero-order chi connectivity index (χ0) is 22.3. The van der Waals surface area contributed by atoms with Gasteiger partial charge in [0.25, 0.3) is 0 Å². The summed E-state index contributed by atoms with van der Waals surface area (Å²) in [6.45, 7) is 4.25. The molecular formula is C25H26N6O. The molecule has 0 radical (unpaired) electrons. The van der Waals surface area contributed by atoms with Crippen LogP contribution in [0.4, 0.5) is 5.95 Å². The first-order valence-electron chi connectivity index (χ1n) is 10.7. The Labute approximate surface area is 187 Å². The molecule has 4 aromatic rings. The summed E-state index contributed by atoms with van der Waals surface area (Å²) in [5.41, 5.74) is 4.24. The summed E-state index contributed by atoms with van der Waals surface area (Å²) in [5.74, 6) is 1.68. The Bertz CT molecular complexity index is 1230. The van der Waals surface area contributed by atoms with E-state index < -0.39 is 0 Å². The van der Waals surface area contributed by atoms with Crippen molar-refractivity contribution in [3.63, 3.8) is 0 Å². The van der Waals surface area contributed by atoms with E-state index in [1.165, 1.54) is 5.56 Å². The van der Waals surface area contributed by atoms with E-state index >= 15 is 0 Å². The number of rotatable bonds is 9. The molecule has 0 saturated carbocycles. The van der Waals surface area contributed by atoms with Gasteiger partial charge in [-0.3, -0.25) is 0 Å². The predicted molar refractivity (Wildman–Crippen MR) is 125 cm³/mol. The molecule has 2 aromatic heterocycles. The minimum absolute atomic E-state index is 0.325. The maximum atomic E-state index is 9.29. The normalized spacial score (nSPS) is 11.9. The van der Waals surface area contributed by atoms with Crippen LogP contribution in [0.1, 0.15) is 30.4 Å². The number of ether oxygens (including phenoxy) is 1. The molecule has 0 saturated heterocycles. The van der Waals surface area contributed by atoms with Crippen LogP contribution >= 0.6 is 0 Å². The standard InChI is InChI=1S/C25H26N6O/c1-18(20-9-4-3-5-10-20)16-27-25-28-17-22-24(30-25)31(12-7-13-32-2)23(29-22)21-11-6-8-19(14-21)15-26/h3-6,8-11,14,17-18H,7,12-13,16H2,1-2H3,(H,27,28,30)/t18-/m1/s1. The molecule has 0 aliphatic rings. The van der Waals surface area contributed by atoms with Crippen LogP contribution in [0.5, 0.6) is 0 Å². The number of hydrogen-bond donors (Lipinski definition) is 1. The molecule has 0 aliphatic carbocycles. The maximum absolute atomic E-state index is 9.29. The van der Waals surface area contributed by atoms with Crippen molar-refractivity contribution in [2.45, 2.75) is 25.8 Å². The van der Waals surface area contributed by atoms with Gasteiger partial charge >= 0.3 is 0 Å². The van der Waals surface area contributed by atoms with E-state index in [2.05, 4.69) is 52.1 Å². The molecule has 0 bridgehead atoms. The summed E-state index contributed by atoms with van der Waals surface area (Å²) in [6.07, 6.45) is 2.58. The molecular weight excluding hydrogens is 400 g/mol. The number of imidazole rings is 1. The summed E-state index contributed by atoms with van der Waals surface area (Å²) in [6, 6.07) is 20.1. The number of hydrogen-bond acceptors (Lipinski definition) is 6. The van der Waals surface area contributed by atoms with Gasteiger partial charge in [0.2, 0.25) is 5.95 Å². The Morgan fingerprint density at radius 3 is 2.75 bits per heavy atom. The van der Waals surface area contributed by atoms with E-state index in [1.807, 2.05) is 24.3 Å². The minimum Gasteiger partial charge on any atom is -0.385 e. The second-order valence-electron chi connectivity index (χ2n) is 7.72. The van der Waals surface area contributed by atoms with Gasteiger partial charge in [-0.15, -0.1) is 0 Å². The van der Waals surface area contributed by atoms with Crippen molar-refractivity contribution < 1.29 is 4.74 Å². The van der Waals surface area contributed by atoms with Gasteiger partial charge in [0, 0.05) is 32.4 Å². The van der Waals surface area contributed by atoms with Gasteiger partial charge in [-0.1, -0.05) is 49.4 Å². The fourth-order valence-electron chi connectivity index (χ4n) is 3.67. The molecule has 0 spiro atoms. The molecule has 1 N–H and O–H groups in total. The zero-order valence-corrected chi connectivity index (χ0v) is 18.3. The summed E-state index contributed by atoms with van der Waals surface area (Å²) < 4.78 is 7.32. The van der Waals surface area contributed by atoms with Gasteiger partial charge in [0.15, 0.2) is 5.65 Å². The highest BCUT2D eigenvalue weighted by atomic mass is 16.5. The third-order valence-electron chi connectivity index (χ3n) is 5.40. The van der Waals surface area contributed by atoms with Crippen LogP contribution < -0.4 is 5.32 Å². The first kappa shape index (κ1) is 21.5. The molecule has 0 aliphatic heterocycles. The van der Waals surface area contributed by atoms with E-state index in [9.17, 15) is 5.26 Å². The van der Waals surface area contributed by atoms with E-state index in [1.54, 1.807) is 19.4 Å². The summed E-state index contributed by atoms with van der Waals surface area (Å²) >= 11 is 0. The van der Waals surface area contributed by atoms with Crippen molar-refractivity contribution >= 4 is 17.1 Å². The topological polar surface area (TPSA) is 88.7 Å². The lowest BCUT2D eigenvalue weighted by Gasteiger charge is -2.13. The Hall–Kier alpha value is -3.76. The Kier molecular flexibility index (Phi) is 6.73. The van der Waals surface area contributed by atoms with Gasteiger partial charge in [-0.05, 0) is 30.0 Å². The maximum Gasteiger partial charge on any atom is 0.224 e. The third-order valence-corrected chi connectivity index (χ3v) is 5.40. The van der Waals surface area contributed by atoms with Crippen molar-refractivity contribution in [2.75, 3.05) is 25.6 Å².